The predicted octanol–water partition coefficient (Wildman–Crippen LogP) is 3.66. The van der Waals surface area contributed by atoms with Crippen molar-refractivity contribution in [3.63, 3.8) is 0 Å². The van der Waals surface area contributed by atoms with Crippen molar-refractivity contribution in [2.24, 2.45) is 11.0 Å². The van der Waals surface area contributed by atoms with Gasteiger partial charge in [-0.15, -0.1) is 0 Å². The van der Waals surface area contributed by atoms with E-state index in [4.69, 9.17) is 19.3 Å². The molecule has 4 rings (SSSR count). The highest BCUT2D eigenvalue weighted by Gasteiger charge is 2.37. The molecule has 0 saturated heterocycles. The van der Waals surface area contributed by atoms with E-state index in [9.17, 15) is 9.59 Å². The number of benzene rings is 2. The molecular weight excluding hydrogens is 446 g/mol. The van der Waals surface area contributed by atoms with Crippen LogP contribution < -0.4 is 9.47 Å². The Morgan fingerprint density at radius 1 is 1.06 bits per heavy atom. The van der Waals surface area contributed by atoms with Crippen LogP contribution in [-0.4, -0.2) is 68.5 Å². The maximum Gasteiger partial charge on any atom is 0.262 e. The van der Waals surface area contributed by atoms with E-state index in [0.717, 1.165) is 41.9 Å². The molecular formula is C27H33N3O5. The summed E-state index contributed by atoms with van der Waals surface area (Å²) in [6.07, 6.45) is 3.33. The van der Waals surface area contributed by atoms with Gasteiger partial charge in [0, 0.05) is 37.1 Å². The number of methoxy groups -OCH3 is 3. The normalized spacial score (nSPS) is 17.5. The molecule has 0 bridgehead atoms. The number of hydrogen-bond donors (Lipinski definition) is 0. The molecule has 0 unspecified atom stereocenters. The lowest BCUT2D eigenvalue weighted by atomic mass is 9.84. The molecule has 0 N–H and O–H groups in total. The highest BCUT2D eigenvalue weighted by molar-refractivity contribution is 6.03. The summed E-state index contributed by atoms with van der Waals surface area (Å²) in [6.45, 7) is 0.705. The summed E-state index contributed by atoms with van der Waals surface area (Å²) in [5.74, 6) is 1.20. The minimum Gasteiger partial charge on any atom is -0.497 e. The molecule has 8 heteroatoms. The van der Waals surface area contributed by atoms with Crippen LogP contribution in [0.25, 0.3) is 0 Å². The Balaban J connectivity index is 1.64. The molecule has 1 aliphatic carbocycles. The molecule has 2 aromatic rings. The fraction of sp³-hybridized carbons (Fsp3) is 0.444. The maximum absolute atomic E-state index is 13.7. The van der Waals surface area contributed by atoms with Crippen molar-refractivity contribution in [3.05, 3.63) is 59.7 Å². The first-order chi connectivity index (χ1) is 17.0. The third-order valence-corrected chi connectivity index (χ3v) is 6.72. The van der Waals surface area contributed by atoms with Gasteiger partial charge in [0.05, 0.1) is 32.6 Å². The fourth-order valence-electron chi connectivity index (χ4n) is 4.52. The molecule has 0 aromatic heterocycles. The third-order valence-electron chi connectivity index (χ3n) is 6.72. The Bertz CT molecular complexity index is 1080. The highest BCUT2D eigenvalue weighted by Crippen LogP contribution is 2.38. The second kappa shape index (κ2) is 11.4. The molecule has 0 spiro atoms. The Hall–Kier alpha value is -3.39. The first-order valence-electron chi connectivity index (χ1n) is 12.0. The van der Waals surface area contributed by atoms with Gasteiger partial charge < -0.3 is 19.1 Å². The van der Waals surface area contributed by atoms with E-state index >= 15 is 0 Å². The summed E-state index contributed by atoms with van der Waals surface area (Å²) in [6, 6.07) is 15.0. The van der Waals surface area contributed by atoms with Crippen molar-refractivity contribution in [3.8, 4) is 11.5 Å². The van der Waals surface area contributed by atoms with E-state index in [1.54, 1.807) is 26.2 Å². The molecule has 1 atom stereocenters. The van der Waals surface area contributed by atoms with Crippen molar-refractivity contribution in [1.29, 1.82) is 0 Å². The minimum absolute atomic E-state index is 0.000839. The Kier molecular flexibility index (Phi) is 8.02. The Labute approximate surface area is 206 Å². The van der Waals surface area contributed by atoms with Gasteiger partial charge in [-0.3, -0.25) is 9.59 Å². The van der Waals surface area contributed by atoms with Gasteiger partial charge in [0.15, 0.2) is 0 Å². The number of amides is 2. The van der Waals surface area contributed by atoms with Gasteiger partial charge >= 0.3 is 0 Å². The molecule has 0 radical (unpaired) electrons. The maximum atomic E-state index is 13.7. The van der Waals surface area contributed by atoms with Crippen molar-refractivity contribution in [1.82, 2.24) is 9.91 Å². The molecule has 2 amide bonds. The average Bonchev–Trinajstić information content (AvgIpc) is 3.31. The molecule has 8 nitrogen and oxygen atoms in total. The summed E-state index contributed by atoms with van der Waals surface area (Å²) >= 11 is 0. The zero-order valence-electron chi connectivity index (χ0n) is 20.6. The largest absolute Gasteiger partial charge is 0.497 e. The zero-order valence-corrected chi connectivity index (χ0v) is 20.6. The highest BCUT2D eigenvalue weighted by atomic mass is 16.5. The van der Waals surface area contributed by atoms with Crippen LogP contribution in [0.1, 0.15) is 42.9 Å². The summed E-state index contributed by atoms with van der Waals surface area (Å²) in [5, 5.41) is 6.27. The number of carbonyl (C=O) groups is 2. The van der Waals surface area contributed by atoms with Crippen LogP contribution in [0.5, 0.6) is 11.5 Å². The van der Waals surface area contributed by atoms with Gasteiger partial charge in [-0.05, 0) is 31.0 Å². The number of ether oxygens (including phenoxy) is 3. The number of hydrogen-bond acceptors (Lipinski definition) is 6. The van der Waals surface area contributed by atoms with Crippen LogP contribution in [-0.2, 0) is 14.3 Å². The quantitative estimate of drug-likeness (QED) is 0.520. The Morgan fingerprint density at radius 2 is 1.86 bits per heavy atom. The van der Waals surface area contributed by atoms with E-state index < -0.39 is 0 Å². The lowest BCUT2D eigenvalue weighted by Gasteiger charge is -2.32. The van der Waals surface area contributed by atoms with Gasteiger partial charge in [0.1, 0.15) is 18.0 Å². The minimum atomic E-state index is -0.345. The van der Waals surface area contributed by atoms with E-state index in [1.165, 1.54) is 5.01 Å². The number of hydrazone groups is 1. The van der Waals surface area contributed by atoms with Crippen LogP contribution in [0.2, 0.25) is 0 Å². The number of nitrogens with zero attached hydrogens (tertiary/aromatic N) is 3. The van der Waals surface area contributed by atoms with Crippen molar-refractivity contribution in [2.45, 2.75) is 31.7 Å². The second-order valence-corrected chi connectivity index (χ2v) is 8.86. The van der Waals surface area contributed by atoms with Gasteiger partial charge in [-0.1, -0.05) is 36.8 Å². The van der Waals surface area contributed by atoms with Crippen molar-refractivity contribution >= 4 is 17.5 Å². The smallest absolute Gasteiger partial charge is 0.262 e. The fourth-order valence-corrected chi connectivity index (χ4v) is 4.52. The summed E-state index contributed by atoms with van der Waals surface area (Å²) in [7, 11) is 4.83. The molecule has 35 heavy (non-hydrogen) atoms. The molecule has 186 valence electrons. The zero-order chi connectivity index (χ0) is 24.8. The molecule has 1 aliphatic heterocycles. The van der Waals surface area contributed by atoms with E-state index in [1.807, 2.05) is 48.5 Å². The lowest BCUT2D eigenvalue weighted by Crippen LogP contribution is -2.46. The van der Waals surface area contributed by atoms with Crippen molar-refractivity contribution in [2.75, 3.05) is 41.0 Å². The summed E-state index contributed by atoms with van der Waals surface area (Å²) in [5.41, 5.74) is 2.54. The first kappa shape index (κ1) is 24.7. The van der Waals surface area contributed by atoms with Crippen LogP contribution >= 0.6 is 0 Å². The first-order valence-corrected chi connectivity index (χ1v) is 12.0. The SMILES string of the molecule is COCCN(CC(=O)N1N=C(c2cccc(OC)c2)C[C@H]1c1ccccc1OC)C(=O)C1CCC1. The van der Waals surface area contributed by atoms with E-state index in [0.29, 0.717) is 25.3 Å². The molecule has 2 aliphatic rings. The summed E-state index contributed by atoms with van der Waals surface area (Å²) in [4.78, 5) is 28.3. The molecule has 2 aromatic carbocycles. The van der Waals surface area contributed by atoms with E-state index in [-0.39, 0.29) is 30.3 Å². The lowest BCUT2D eigenvalue weighted by molar-refractivity contribution is -0.146. The number of rotatable bonds is 10. The molecule has 1 heterocycles. The van der Waals surface area contributed by atoms with Gasteiger partial charge in [-0.25, -0.2) is 5.01 Å². The van der Waals surface area contributed by atoms with Gasteiger partial charge in [0.2, 0.25) is 5.91 Å². The number of para-hydroxylation sites is 1. The van der Waals surface area contributed by atoms with Crippen LogP contribution in [0.4, 0.5) is 0 Å². The topological polar surface area (TPSA) is 80.7 Å². The Morgan fingerprint density at radius 3 is 2.54 bits per heavy atom. The predicted molar refractivity (Wildman–Crippen MR) is 133 cm³/mol. The monoisotopic (exact) mass is 479 g/mol. The molecule has 1 saturated carbocycles. The standard InChI is InChI=1S/C27H33N3O5/c1-33-15-14-29(27(32)19-8-6-9-19)18-26(31)30-24(22-12-4-5-13-25(22)35-3)17-23(28-30)20-10-7-11-21(16-20)34-2/h4-5,7,10-13,16,19,24H,6,8-9,14-15,17-18H2,1-3H3/t24-/m0/s1. The van der Waals surface area contributed by atoms with Gasteiger partial charge in [0.25, 0.3) is 5.91 Å². The number of carbonyl (C=O) groups excluding carboxylic acids is 2. The van der Waals surface area contributed by atoms with E-state index in [2.05, 4.69) is 0 Å². The average molecular weight is 480 g/mol. The summed E-state index contributed by atoms with van der Waals surface area (Å²) < 4.78 is 16.2. The van der Waals surface area contributed by atoms with Gasteiger partial charge in [-0.2, -0.15) is 5.10 Å². The second-order valence-electron chi connectivity index (χ2n) is 8.86. The van der Waals surface area contributed by atoms with Crippen LogP contribution in [0, 0.1) is 5.92 Å². The van der Waals surface area contributed by atoms with Crippen LogP contribution in [0.15, 0.2) is 53.6 Å². The van der Waals surface area contributed by atoms with Crippen molar-refractivity contribution < 1.29 is 23.8 Å². The van der Waals surface area contributed by atoms with Crippen LogP contribution in [0.3, 0.4) is 0 Å². The third kappa shape index (κ3) is 5.48. The molecule has 1 fully saturated rings.